The van der Waals surface area contributed by atoms with Gasteiger partial charge in [0.05, 0.1) is 0 Å². The lowest BCUT2D eigenvalue weighted by atomic mass is 10.2. The molecule has 0 saturated heterocycles. The van der Waals surface area contributed by atoms with Crippen LogP contribution in [0.25, 0.3) is 11.9 Å². The first kappa shape index (κ1) is 6.06. The van der Waals surface area contributed by atoms with Crippen LogP contribution in [0.3, 0.4) is 0 Å². The number of hydrogen-bond donors (Lipinski definition) is 0. The molecule has 0 bridgehead atoms. The molecule has 11 heavy (non-hydrogen) atoms. The minimum absolute atomic E-state index is 0.626. The van der Waals surface area contributed by atoms with Crippen LogP contribution in [0.5, 0.6) is 0 Å². The SMILES string of the molecule is [C]#CC1=c2ccccc2=C[N]1. The van der Waals surface area contributed by atoms with Crippen LogP contribution in [0.4, 0.5) is 0 Å². The lowest BCUT2D eigenvalue weighted by molar-refractivity contribution is 1.34. The van der Waals surface area contributed by atoms with Crippen molar-refractivity contribution in [2.24, 2.45) is 0 Å². The highest BCUT2D eigenvalue weighted by molar-refractivity contribution is 5.66. The Balaban J connectivity index is 2.93. The summed E-state index contributed by atoms with van der Waals surface area (Å²) in [5.41, 5.74) is 0.626. The molecule has 1 aromatic carbocycles. The summed E-state index contributed by atoms with van der Waals surface area (Å²) in [6.07, 6.45) is 8.69. The van der Waals surface area contributed by atoms with Gasteiger partial charge in [0.15, 0.2) is 0 Å². The van der Waals surface area contributed by atoms with E-state index in [2.05, 4.69) is 11.2 Å². The van der Waals surface area contributed by atoms with Gasteiger partial charge in [-0.05, 0) is 12.3 Å². The maximum Gasteiger partial charge on any atom is 0.122 e. The molecule has 1 aliphatic rings. The van der Waals surface area contributed by atoms with Gasteiger partial charge in [-0.1, -0.05) is 24.3 Å². The topological polar surface area (TPSA) is 14.1 Å². The number of rotatable bonds is 0. The highest BCUT2D eigenvalue weighted by Crippen LogP contribution is 1.89. The Morgan fingerprint density at radius 2 is 2.09 bits per heavy atom. The van der Waals surface area contributed by atoms with Gasteiger partial charge in [-0.25, -0.2) is 5.32 Å². The predicted molar refractivity (Wildman–Crippen MR) is 42.8 cm³/mol. The van der Waals surface area contributed by atoms with E-state index >= 15 is 0 Å². The van der Waals surface area contributed by atoms with Crippen molar-refractivity contribution in [1.29, 1.82) is 0 Å². The average molecular weight is 139 g/mol. The molecule has 0 unspecified atom stereocenters. The van der Waals surface area contributed by atoms with Gasteiger partial charge in [0.1, 0.15) is 5.70 Å². The van der Waals surface area contributed by atoms with Crippen molar-refractivity contribution in [2.45, 2.75) is 0 Å². The van der Waals surface area contributed by atoms with Crippen LogP contribution in [0, 0.1) is 12.3 Å². The van der Waals surface area contributed by atoms with E-state index in [0.717, 1.165) is 10.4 Å². The first-order chi connectivity index (χ1) is 5.42. The molecule has 0 fully saturated rings. The Hall–Kier alpha value is -1.68. The first-order valence-electron chi connectivity index (χ1n) is 3.35. The molecule has 2 radical (unpaired) electrons. The Kier molecular flexibility index (Phi) is 1.20. The lowest BCUT2D eigenvalue weighted by Crippen LogP contribution is -2.21. The summed E-state index contributed by atoms with van der Waals surface area (Å²) in [5, 5.41) is 6.09. The standard InChI is InChI=1S/C10H5N/c1-2-10-9-6-4-3-5-8(9)7-11-10/h3-7H. The summed E-state index contributed by atoms with van der Waals surface area (Å²) in [7, 11) is 0. The van der Waals surface area contributed by atoms with E-state index < -0.39 is 0 Å². The van der Waals surface area contributed by atoms with Crippen LogP contribution in [-0.4, -0.2) is 0 Å². The summed E-state index contributed by atoms with van der Waals surface area (Å²) < 4.78 is 0. The molecule has 1 aliphatic heterocycles. The van der Waals surface area contributed by atoms with Crippen LogP contribution in [0.1, 0.15) is 0 Å². The summed E-state index contributed by atoms with van der Waals surface area (Å²) >= 11 is 0. The maximum atomic E-state index is 6.93. The van der Waals surface area contributed by atoms with Crippen LogP contribution >= 0.6 is 0 Å². The van der Waals surface area contributed by atoms with Gasteiger partial charge in [-0.3, -0.25) is 0 Å². The monoisotopic (exact) mass is 139 g/mol. The fourth-order valence-electron chi connectivity index (χ4n) is 1.13. The van der Waals surface area contributed by atoms with E-state index in [4.69, 9.17) is 6.42 Å². The number of benzene rings is 1. The summed E-state index contributed by atoms with van der Waals surface area (Å²) in [6.45, 7) is 0. The molecule has 0 N–H and O–H groups in total. The third-order valence-electron chi connectivity index (χ3n) is 1.67. The van der Waals surface area contributed by atoms with E-state index in [1.807, 2.05) is 24.3 Å². The zero-order valence-electron chi connectivity index (χ0n) is 5.83. The highest BCUT2D eigenvalue weighted by Gasteiger charge is 2.00. The van der Waals surface area contributed by atoms with E-state index in [9.17, 15) is 0 Å². The third kappa shape index (κ3) is 0.805. The Labute approximate surface area is 65.1 Å². The van der Waals surface area contributed by atoms with Crippen molar-refractivity contribution >= 4 is 11.9 Å². The Morgan fingerprint density at radius 3 is 2.91 bits per heavy atom. The van der Waals surface area contributed by atoms with Crippen LogP contribution < -0.4 is 15.8 Å². The smallest absolute Gasteiger partial charge is 0.122 e. The van der Waals surface area contributed by atoms with Gasteiger partial charge in [0.2, 0.25) is 0 Å². The summed E-state index contributed by atoms with van der Waals surface area (Å²) in [5.74, 6) is 2.29. The quantitative estimate of drug-likeness (QED) is 0.440. The predicted octanol–water partition coefficient (Wildman–Crippen LogP) is -0.259. The van der Waals surface area contributed by atoms with Crippen molar-refractivity contribution in [3.63, 3.8) is 0 Å². The van der Waals surface area contributed by atoms with Crippen molar-refractivity contribution in [2.75, 3.05) is 0 Å². The van der Waals surface area contributed by atoms with Gasteiger partial charge in [-0.15, -0.1) is 0 Å². The average Bonchev–Trinajstić information content (AvgIpc) is 2.47. The fraction of sp³-hybridized carbons (Fsp3) is 0. The van der Waals surface area contributed by atoms with Gasteiger partial charge in [-0.2, -0.15) is 0 Å². The number of fused-ring (bicyclic) bond motifs is 1. The first-order valence-corrected chi connectivity index (χ1v) is 3.35. The van der Waals surface area contributed by atoms with Crippen molar-refractivity contribution < 1.29 is 0 Å². The van der Waals surface area contributed by atoms with Crippen LogP contribution in [0.15, 0.2) is 24.3 Å². The molecule has 1 aromatic rings. The van der Waals surface area contributed by atoms with Gasteiger partial charge in [0, 0.05) is 16.6 Å². The Bertz CT molecular complexity index is 435. The second-order valence-electron chi connectivity index (χ2n) is 2.32. The van der Waals surface area contributed by atoms with E-state index in [1.54, 1.807) is 6.20 Å². The van der Waals surface area contributed by atoms with Crippen molar-refractivity contribution in [3.05, 3.63) is 41.1 Å². The molecule has 0 aromatic heterocycles. The molecular weight excluding hydrogens is 134 g/mol. The molecule has 1 heterocycles. The molecule has 1 nitrogen and oxygen atoms in total. The second kappa shape index (κ2) is 2.17. The lowest BCUT2D eigenvalue weighted by Gasteiger charge is -1.84. The molecule has 1 heteroatoms. The zero-order valence-corrected chi connectivity index (χ0v) is 5.83. The largest absolute Gasteiger partial charge is 0.246 e. The summed E-state index contributed by atoms with van der Waals surface area (Å²) in [4.78, 5) is 0. The van der Waals surface area contributed by atoms with E-state index in [0.29, 0.717) is 5.70 Å². The molecule has 0 saturated carbocycles. The van der Waals surface area contributed by atoms with Crippen molar-refractivity contribution in [1.82, 2.24) is 5.32 Å². The van der Waals surface area contributed by atoms with Gasteiger partial charge < -0.3 is 0 Å². The number of nitrogens with zero attached hydrogens (tertiary/aromatic N) is 1. The highest BCUT2D eigenvalue weighted by atomic mass is 14.9. The molecule has 2 rings (SSSR count). The molecular formula is C10H5N. The molecule has 0 aliphatic carbocycles. The fourth-order valence-corrected chi connectivity index (χ4v) is 1.13. The Morgan fingerprint density at radius 1 is 1.27 bits per heavy atom. The summed E-state index contributed by atoms with van der Waals surface area (Å²) in [6, 6.07) is 7.81. The minimum Gasteiger partial charge on any atom is -0.246 e. The van der Waals surface area contributed by atoms with Gasteiger partial charge in [0.25, 0.3) is 0 Å². The molecule has 0 spiro atoms. The molecule has 0 atom stereocenters. The second-order valence-corrected chi connectivity index (χ2v) is 2.32. The molecule has 50 valence electrons. The maximum absolute atomic E-state index is 6.93. The van der Waals surface area contributed by atoms with Gasteiger partial charge >= 0.3 is 0 Å². The minimum atomic E-state index is 0.626. The van der Waals surface area contributed by atoms with Crippen molar-refractivity contribution in [3.8, 4) is 5.92 Å². The van der Waals surface area contributed by atoms with E-state index in [-0.39, 0.29) is 0 Å². The van der Waals surface area contributed by atoms with Crippen LogP contribution in [0.2, 0.25) is 0 Å². The normalized spacial score (nSPS) is 12.8. The van der Waals surface area contributed by atoms with E-state index in [1.165, 1.54) is 0 Å². The van der Waals surface area contributed by atoms with Crippen LogP contribution in [-0.2, 0) is 0 Å². The number of hydrogen-bond acceptors (Lipinski definition) is 0. The third-order valence-corrected chi connectivity index (χ3v) is 1.67. The zero-order chi connectivity index (χ0) is 7.68. The molecule has 0 amide bonds.